The number of hydrogen-bond donors (Lipinski definition) is 2. The van der Waals surface area contributed by atoms with Crippen LogP contribution in [0.15, 0.2) is 30.3 Å². The number of amides is 3. The van der Waals surface area contributed by atoms with Gasteiger partial charge in [0.25, 0.3) is 0 Å². The summed E-state index contributed by atoms with van der Waals surface area (Å²) < 4.78 is 20.1. The maximum atomic E-state index is 14.8. The van der Waals surface area contributed by atoms with E-state index in [1.165, 1.54) is 12.1 Å². The van der Waals surface area contributed by atoms with Gasteiger partial charge in [0.2, 0.25) is 11.8 Å². The number of rotatable bonds is 4. The van der Waals surface area contributed by atoms with Crippen molar-refractivity contribution in [3.05, 3.63) is 57.3 Å². The molecule has 10 heteroatoms. The molecule has 0 bridgehead atoms. The topological polar surface area (TPSA) is 87.7 Å². The number of carbonyl (C=O) groups excluding carboxylic acids is 3. The van der Waals surface area contributed by atoms with Crippen molar-refractivity contribution < 1.29 is 23.5 Å². The van der Waals surface area contributed by atoms with Gasteiger partial charge in [0.15, 0.2) is 0 Å². The van der Waals surface area contributed by atoms with Gasteiger partial charge in [0, 0.05) is 22.2 Å². The first-order valence-corrected chi connectivity index (χ1v) is 10.8. The number of anilines is 2. The molecule has 2 aromatic rings. The van der Waals surface area contributed by atoms with Crippen molar-refractivity contribution in [1.29, 1.82) is 0 Å². The van der Waals surface area contributed by atoms with Crippen LogP contribution in [0.1, 0.15) is 29.9 Å². The highest BCUT2D eigenvalue weighted by Gasteiger charge is 2.34. The molecule has 2 aromatic carbocycles. The number of imide groups is 1. The van der Waals surface area contributed by atoms with Gasteiger partial charge in [-0.05, 0) is 48.7 Å². The van der Waals surface area contributed by atoms with Crippen molar-refractivity contribution in [3.63, 3.8) is 0 Å². The predicted molar refractivity (Wildman–Crippen MR) is 119 cm³/mol. The summed E-state index contributed by atoms with van der Waals surface area (Å²) >= 11 is 12.4. The number of hydrogen-bond acceptors (Lipinski definition) is 5. The van der Waals surface area contributed by atoms with Crippen molar-refractivity contribution in [2.75, 3.05) is 23.3 Å². The molecule has 2 N–H and O–H groups in total. The van der Waals surface area contributed by atoms with Crippen LogP contribution in [0.25, 0.3) is 0 Å². The van der Waals surface area contributed by atoms with Gasteiger partial charge in [0.05, 0.1) is 24.7 Å². The van der Waals surface area contributed by atoms with E-state index in [2.05, 4.69) is 10.6 Å². The number of carbonyl (C=O) groups is 3. The van der Waals surface area contributed by atoms with E-state index in [4.69, 9.17) is 27.9 Å². The minimum Gasteiger partial charge on any atom is -0.442 e. The molecule has 1 atom stereocenters. The van der Waals surface area contributed by atoms with E-state index in [0.29, 0.717) is 29.4 Å². The molecule has 1 unspecified atom stereocenters. The quantitative estimate of drug-likeness (QED) is 0.634. The average molecular weight is 480 g/mol. The summed E-state index contributed by atoms with van der Waals surface area (Å²) in [7, 11) is 0. The van der Waals surface area contributed by atoms with Crippen molar-refractivity contribution in [2.45, 2.75) is 31.8 Å². The summed E-state index contributed by atoms with van der Waals surface area (Å²) in [6, 6.07) is 7.83. The first-order valence-electron chi connectivity index (χ1n) is 10.0. The van der Waals surface area contributed by atoms with Gasteiger partial charge >= 0.3 is 6.09 Å². The molecule has 4 rings (SSSR count). The van der Waals surface area contributed by atoms with Gasteiger partial charge in [-0.2, -0.15) is 0 Å². The van der Waals surface area contributed by atoms with Crippen LogP contribution in [0, 0.1) is 12.7 Å². The number of aryl methyl sites for hydroxylation is 1. The number of nitrogens with one attached hydrogen (secondary N) is 2. The van der Waals surface area contributed by atoms with E-state index >= 15 is 0 Å². The van der Waals surface area contributed by atoms with E-state index in [1.807, 2.05) is 6.92 Å². The van der Waals surface area contributed by atoms with Crippen LogP contribution < -0.4 is 15.5 Å². The maximum absolute atomic E-state index is 14.8. The SMILES string of the molecule is Cc1ccc(NC(=O)OC2CN(c3cc(Cl)c(C4CCC(=O)NC4=O)cc3F)C2)cc1Cl. The zero-order valence-electron chi connectivity index (χ0n) is 17.1. The average Bonchev–Trinajstić information content (AvgIpc) is 2.69. The molecule has 168 valence electrons. The predicted octanol–water partition coefficient (Wildman–Crippen LogP) is 4.40. The summed E-state index contributed by atoms with van der Waals surface area (Å²) in [6.07, 6.45) is -0.576. The summed E-state index contributed by atoms with van der Waals surface area (Å²) in [6.45, 7) is 2.45. The zero-order chi connectivity index (χ0) is 23.0. The Labute approximate surface area is 193 Å². The smallest absolute Gasteiger partial charge is 0.412 e. The Morgan fingerprint density at radius 1 is 1.19 bits per heavy atom. The Morgan fingerprint density at radius 3 is 2.62 bits per heavy atom. The Kier molecular flexibility index (Phi) is 6.26. The van der Waals surface area contributed by atoms with E-state index in [9.17, 15) is 18.8 Å². The molecular formula is C22H20Cl2FN3O4. The Morgan fingerprint density at radius 2 is 1.94 bits per heavy atom. The van der Waals surface area contributed by atoms with Gasteiger partial charge in [-0.15, -0.1) is 0 Å². The molecule has 0 saturated carbocycles. The molecule has 2 saturated heterocycles. The fraction of sp³-hybridized carbons (Fsp3) is 0.318. The van der Waals surface area contributed by atoms with E-state index in [1.54, 1.807) is 23.1 Å². The third kappa shape index (κ3) is 4.66. The second-order valence-electron chi connectivity index (χ2n) is 7.85. The first-order chi connectivity index (χ1) is 15.2. The summed E-state index contributed by atoms with van der Waals surface area (Å²) in [5.74, 6) is -2.03. The van der Waals surface area contributed by atoms with Gasteiger partial charge < -0.3 is 9.64 Å². The normalized spacial score (nSPS) is 18.8. The second-order valence-corrected chi connectivity index (χ2v) is 8.66. The lowest BCUT2D eigenvalue weighted by Gasteiger charge is -2.40. The molecule has 0 aliphatic carbocycles. The molecule has 2 aliphatic rings. The lowest BCUT2D eigenvalue weighted by Crippen LogP contribution is -2.53. The molecule has 2 heterocycles. The molecule has 0 radical (unpaired) electrons. The molecular weight excluding hydrogens is 460 g/mol. The molecule has 32 heavy (non-hydrogen) atoms. The third-order valence-electron chi connectivity index (χ3n) is 5.56. The van der Waals surface area contributed by atoms with Crippen LogP contribution in [0.5, 0.6) is 0 Å². The number of piperidine rings is 1. The molecule has 3 amide bonds. The third-order valence-corrected chi connectivity index (χ3v) is 6.30. The summed E-state index contributed by atoms with van der Waals surface area (Å²) in [5, 5.41) is 5.64. The zero-order valence-corrected chi connectivity index (χ0v) is 18.6. The van der Waals surface area contributed by atoms with Gasteiger partial charge in [-0.25, -0.2) is 9.18 Å². The Balaban J connectivity index is 1.35. The molecule has 0 spiro atoms. The lowest BCUT2D eigenvalue weighted by molar-refractivity contribution is -0.134. The molecule has 7 nitrogen and oxygen atoms in total. The Hall–Kier alpha value is -2.84. The minimum atomic E-state index is -0.671. The second kappa shape index (κ2) is 8.96. The van der Waals surface area contributed by atoms with Crippen LogP contribution >= 0.6 is 23.2 Å². The lowest BCUT2D eigenvalue weighted by atomic mass is 9.90. The molecule has 0 aromatic heterocycles. The van der Waals surface area contributed by atoms with Crippen molar-refractivity contribution in [2.24, 2.45) is 0 Å². The molecule has 2 aliphatic heterocycles. The minimum absolute atomic E-state index is 0.179. The van der Waals surface area contributed by atoms with Crippen molar-refractivity contribution >= 4 is 52.5 Å². The maximum Gasteiger partial charge on any atom is 0.412 e. The van der Waals surface area contributed by atoms with E-state index < -0.39 is 29.8 Å². The number of nitrogens with zero attached hydrogens (tertiary/aromatic N) is 1. The highest BCUT2D eigenvalue weighted by Crippen LogP contribution is 2.36. The number of ether oxygens (including phenoxy) is 1. The van der Waals surface area contributed by atoms with Crippen LogP contribution in [-0.4, -0.2) is 37.1 Å². The molecule has 2 fully saturated rings. The van der Waals surface area contributed by atoms with Crippen LogP contribution in [-0.2, 0) is 14.3 Å². The van der Waals surface area contributed by atoms with Crippen LogP contribution in [0.3, 0.4) is 0 Å². The summed E-state index contributed by atoms with van der Waals surface area (Å²) in [5.41, 5.74) is 2.02. The van der Waals surface area contributed by atoms with Crippen LogP contribution in [0.4, 0.5) is 20.6 Å². The van der Waals surface area contributed by atoms with Crippen LogP contribution in [0.2, 0.25) is 10.0 Å². The number of benzene rings is 2. The monoisotopic (exact) mass is 479 g/mol. The largest absolute Gasteiger partial charge is 0.442 e. The van der Waals surface area contributed by atoms with E-state index in [0.717, 1.165) is 5.56 Å². The Bertz CT molecular complexity index is 1100. The van der Waals surface area contributed by atoms with Gasteiger partial charge in [-0.3, -0.25) is 20.2 Å². The first kappa shape index (κ1) is 22.4. The standard InChI is InChI=1S/C22H20Cl2FN3O4/c1-11-2-3-12(6-16(11)23)26-22(31)32-13-9-28(10-13)19-8-17(24)15(7-18(19)25)14-4-5-20(29)27-21(14)30/h2-3,6-8,13-14H,4-5,9-10H2,1H3,(H,26,31)(H,27,29,30). The van der Waals surface area contributed by atoms with Gasteiger partial charge in [-0.1, -0.05) is 29.3 Å². The van der Waals surface area contributed by atoms with Crippen molar-refractivity contribution in [1.82, 2.24) is 5.32 Å². The fourth-order valence-electron chi connectivity index (χ4n) is 3.73. The summed E-state index contributed by atoms with van der Waals surface area (Å²) in [4.78, 5) is 37.2. The van der Waals surface area contributed by atoms with Crippen molar-refractivity contribution in [3.8, 4) is 0 Å². The highest BCUT2D eigenvalue weighted by atomic mass is 35.5. The fourth-order valence-corrected chi connectivity index (χ4v) is 4.20. The van der Waals surface area contributed by atoms with Gasteiger partial charge in [0.1, 0.15) is 11.9 Å². The highest BCUT2D eigenvalue weighted by molar-refractivity contribution is 6.32. The number of halogens is 3. The van der Waals surface area contributed by atoms with E-state index in [-0.39, 0.29) is 29.5 Å².